The molecule has 0 radical (unpaired) electrons. The molecular weight excluding hydrogens is 312 g/mol. The number of rotatable bonds is 3. The molecule has 0 saturated carbocycles. The molecular formula is C16H20N4O4. The third-order valence-electron chi connectivity index (χ3n) is 4.13. The summed E-state index contributed by atoms with van der Waals surface area (Å²) in [4.78, 5) is 42.2. The Hall–Kier alpha value is -2.77. The van der Waals surface area contributed by atoms with Gasteiger partial charge in [-0.25, -0.2) is 9.59 Å². The van der Waals surface area contributed by atoms with E-state index in [-0.39, 0.29) is 24.2 Å². The van der Waals surface area contributed by atoms with Crippen LogP contribution in [-0.2, 0) is 16.1 Å². The number of fused-ring (bicyclic) bond motifs is 1. The molecule has 1 fully saturated rings. The van der Waals surface area contributed by atoms with Gasteiger partial charge in [0.2, 0.25) is 5.91 Å². The Morgan fingerprint density at radius 1 is 1.12 bits per heavy atom. The van der Waals surface area contributed by atoms with E-state index in [1.165, 1.54) is 4.57 Å². The highest BCUT2D eigenvalue weighted by atomic mass is 16.6. The predicted octanol–water partition coefficient (Wildman–Crippen LogP) is 0.630. The monoisotopic (exact) mass is 332 g/mol. The molecule has 1 N–H and O–H groups in total. The number of H-pyrrole nitrogens is 1. The third-order valence-corrected chi connectivity index (χ3v) is 4.13. The van der Waals surface area contributed by atoms with Crippen LogP contribution in [0, 0.1) is 0 Å². The first kappa shape index (κ1) is 16.1. The molecule has 0 bridgehead atoms. The van der Waals surface area contributed by atoms with Gasteiger partial charge in [-0.1, -0.05) is 12.1 Å². The van der Waals surface area contributed by atoms with E-state index < -0.39 is 0 Å². The zero-order valence-electron chi connectivity index (χ0n) is 13.5. The molecule has 128 valence electrons. The molecule has 8 nitrogen and oxygen atoms in total. The summed E-state index contributed by atoms with van der Waals surface area (Å²) in [6, 6.07) is 7.27. The minimum absolute atomic E-state index is 0.0117. The number of aromatic amines is 1. The molecule has 1 aromatic carbocycles. The van der Waals surface area contributed by atoms with Gasteiger partial charge in [0.15, 0.2) is 0 Å². The number of hydrogen-bond donors (Lipinski definition) is 1. The lowest BCUT2D eigenvalue weighted by atomic mass is 10.3. The first-order valence-corrected chi connectivity index (χ1v) is 7.97. The molecule has 2 aromatic rings. The second-order valence-corrected chi connectivity index (χ2v) is 5.60. The summed E-state index contributed by atoms with van der Waals surface area (Å²) in [5, 5.41) is 0. The summed E-state index contributed by atoms with van der Waals surface area (Å²) in [6.45, 7) is 3.84. The lowest BCUT2D eigenvalue weighted by Gasteiger charge is -2.34. The van der Waals surface area contributed by atoms with Crippen LogP contribution >= 0.6 is 0 Å². The van der Waals surface area contributed by atoms with Crippen molar-refractivity contribution in [1.82, 2.24) is 19.4 Å². The molecule has 1 aromatic heterocycles. The quantitative estimate of drug-likeness (QED) is 0.893. The Morgan fingerprint density at radius 3 is 2.50 bits per heavy atom. The van der Waals surface area contributed by atoms with Crippen molar-refractivity contribution in [3.05, 3.63) is 34.7 Å². The van der Waals surface area contributed by atoms with Gasteiger partial charge in [-0.2, -0.15) is 0 Å². The van der Waals surface area contributed by atoms with E-state index >= 15 is 0 Å². The van der Waals surface area contributed by atoms with Crippen molar-refractivity contribution in [2.45, 2.75) is 13.5 Å². The van der Waals surface area contributed by atoms with E-state index in [9.17, 15) is 14.4 Å². The topological polar surface area (TPSA) is 87.6 Å². The highest BCUT2D eigenvalue weighted by molar-refractivity contribution is 5.80. The SMILES string of the molecule is CCOC(=O)N1CCN(C(=O)Cn2c(=O)[nH]c3ccccc32)CC1. The maximum Gasteiger partial charge on any atom is 0.409 e. The molecule has 2 heterocycles. The molecule has 24 heavy (non-hydrogen) atoms. The summed E-state index contributed by atoms with van der Waals surface area (Å²) in [5.41, 5.74) is 1.12. The number of piperazine rings is 1. The van der Waals surface area contributed by atoms with E-state index in [0.717, 1.165) is 0 Å². The van der Waals surface area contributed by atoms with E-state index in [1.807, 2.05) is 12.1 Å². The van der Waals surface area contributed by atoms with Crippen molar-refractivity contribution in [1.29, 1.82) is 0 Å². The minimum atomic E-state index is -0.350. The fourth-order valence-electron chi connectivity index (χ4n) is 2.85. The second-order valence-electron chi connectivity index (χ2n) is 5.60. The van der Waals surface area contributed by atoms with Crippen LogP contribution in [0.1, 0.15) is 6.92 Å². The van der Waals surface area contributed by atoms with Crippen LogP contribution in [-0.4, -0.2) is 64.1 Å². The fourth-order valence-corrected chi connectivity index (χ4v) is 2.85. The van der Waals surface area contributed by atoms with Crippen molar-refractivity contribution in [2.75, 3.05) is 32.8 Å². The maximum atomic E-state index is 12.5. The highest BCUT2D eigenvalue weighted by Gasteiger charge is 2.25. The molecule has 0 atom stereocenters. The van der Waals surface area contributed by atoms with E-state index in [2.05, 4.69) is 4.98 Å². The number of amides is 2. The van der Waals surface area contributed by atoms with Gasteiger partial charge < -0.3 is 19.5 Å². The van der Waals surface area contributed by atoms with Gasteiger partial charge in [0.1, 0.15) is 6.54 Å². The number of imidazole rings is 1. The Labute approximate surface area is 138 Å². The van der Waals surface area contributed by atoms with Gasteiger partial charge in [-0.3, -0.25) is 9.36 Å². The fraction of sp³-hybridized carbons (Fsp3) is 0.438. The van der Waals surface area contributed by atoms with Crippen LogP contribution in [0.2, 0.25) is 0 Å². The van der Waals surface area contributed by atoms with Gasteiger partial charge in [-0.15, -0.1) is 0 Å². The molecule has 0 unspecified atom stereocenters. The second kappa shape index (κ2) is 6.77. The number of carbonyl (C=O) groups excluding carboxylic acids is 2. The van der Waals surface area contributed by atoms with Crippen molar-refractivity contribution in [2.24, 2.45) is 0 Å². The third kappa shape index (κ3) is 3.12. The Morgan fingerprint density at radius 2 is 1.79 bits per heavy atom. The van der Waals surface area contributed by atoms with Crippen LogP contribution in [0.15, 0.2) is 29.1 Å². The molecule has 0 spiro atoms. The van der Waals surface area contributed by atoms with Crippen LogP contribution in [0.5, 0.6) is 0 Å². The number of carbonyl (C=O) groups is 2. The first-order valence-electron chi connectivity index (χ1n) is 7.97. The molecule has 2 amide bonds. The van der Waals surface area contributed by atoms with Crippen LogP contribution in [0.25, 0.3) is 11.0 Å². The number of nitrogens with one attached hydrogen (secondary N) is 1. The molecule has 1 aliphatic heterocycles. The van der Waals surface area contributed by atoms with E-state index in [4.69, 9.17) is 4.74 Å². The minimum Gasteiger partial charge on any atom is -0.450 e. The molecule has 3 rings (SSSR count). The standard InChI is InChI=1S/C16H20N4O4/c1-2-24-16(23)19-9-7-18(8-10-19)14(21)11-20-13-6-4-3-5-12(13)17-15(20)22/h3-6H,2,7-11H2,1H3,(H,17,22). The van der Waals surface area contributed by atoms with E-state index in [1.54, 1.807) is 28.9 Å². The maximum absolute atomic E-state index is 12.5. The lowest BCUT2D eigenvalue weighted by Crippen LogP contribution is -2.51. The highest BCUT2D eigenvalue weighted by Crippen LogP contribution is 2.10. The Kier molecular flexibility index (Phi) is 4.54. The zero-order valence-corrected chi connectivity index (χ0v) is 13.5. The number of benzene rings is 1. The van der Waals surface area contributed by atoms with Crippen molar-refractivity contribution in [3.8, 4) is 0 Å². The largest absolute Gasteiger partial charge is 0.450 e. The summed E-state index contributed by atoms with van der Waals surface area (Å²) in [5.74, 6) is -0.134. The average Bonchev–Trinajstić information content (AvgIpc) is 2.91. The molecule has 8 heteroatoms. The molecule has 1 aliphatic rings. The van der Waals surface area contributed by atoms with Crippen molar-refractivity contribution >= 4 is 23.0 Å². The van der Waals surface area contributed by atoms with Gasteiger partial charge in [0, 0.05) is 26.2 Å². The molecule has 0 aliphatic carbocycles. The van der Waals surface area contributed by atoms with Gasteiger partial charge in [-0.05, 0) is 19.1 Å². The number of hydrogen-bond acceptors (Lipinski definition) is 4. The number of ether oxygens (including phenoxy) is 1. The number of nitrogens with zero attached hydrogens (tertiary/aromatic N) is 3. The van der Waals surface area contributed by atoms with Crippen molar-refractivity contribution < 1.29 is 14.3 Å². The predicted molar refractivity (Wildman–Crippen MR) is 87.7 cm³/mol. The summed E-state index contributed by atoms with van der Waals surface area (Å²) >= 11 is 0. The summed E-state index contributed by atoms with van der Waals surface area (Å²) in [7, 11) is 0. The van der Waals surface area contributed by atoms with Gasteiger partial charge in [0.25, 0.3) is 0 Å². The normalized spacial score (nSPS) is 14.9. The lowest BCUT2D eigenvalue weighted by molar-refractivity contribution is -0.133. The summed E-state index contributed by atoms with van der Waals surface area (Å²) in [6.07, 6.45) is -0.350. The molecule has 1 saturated heterocycles. The summed E-state index contributed by atoms with van der Waals surface area (Å²) < 4.78 is 6.40. The van der Waals surface area contributed by atoms with Crippen LogP contribution in [0.4, 0.5) is 4.79 Å². The van der Waals surface area contributed by atoms with Gasteiger partial charge in [0.05, 0.1) is 17.6 Å². The zero-order chi connectivity index (χ0) is 17.1. The Balaban J connectivity index is 1.65. The van der Waals surface area contributed by atoms with Crippen molar-refractivity contribution in [3.63, 3.8) is 0 Å². The first-order chi connectivity index (χ1) is 11.6. The number of aromatic nitrogens is 2. The van der Waals surface area contributed by atoms with Crippen LogP contribution < -0.4 is 5.69 Å². The number of para-hydroxylation sites is 2. The average molecular weight is 332 g/mol. The Bertz CT molecular complexity index is 802. The van der Waals surface area contributed by atoms with Gasteiger partial charge >= 0.3 is 11.8 Å². The van der Waals surface area contributed by atoms with E-state index in [0.29, 0.717) is 43.8 Å². The van der Waals surface area contributed by atoms with Crippen LogP contribution in [0.3, 0.4) is 0 Å². The smallest absolute Gasteiger partial charge is 0.409 e.